The highest BCUT2D eigenvalue weighted by atomic mass is 35.7. The van der Waals surface area contributed by atoms with E-state index in [1.165, 1.54) is 7.05 Å². The molecule has 0 aromatic rings. The first-order chi connectivity index (χ1) is 5.09. The molecule has 66 valence electrons. The van der Waals surface area contributed by atoms with Gasteiger partial charge < -0.3 is 4.74 Å². The molecule has 0 rings (SSSR count). The molecule has 0 aliphatic rings. The van der Waals surface area contributed by atoms with Crippen LogP contribution in [0.2, 0.25) is 0 Å². The number of carbonyl (C=O) groups excluding carboxylic acids is 1. The molecule has 1 unspecified atom stereocenters. The zero-order valence-corrected chi connectivity index (χ0v) is 7.94. The van der Waals surface area contributed by atoms with Crippen molar-refractivity contribution in [2.45, 2.75) is 13.3 Å². The molecular weight excluding hydrogens is 190 g/mol. The van der Waals surface area contributed by atoms with E-state index in [0.29, 0.717) is 6.61 Å². The van der Waals surface area contributed by atoms with Gasteiger partial charge in [0.2, 0.25) is 10.2 Å². The minimum atomic E-state index is -1.81. The minimum Gasteiger partial charge on any atom is -0.449 e. The normalized spacial score (nSPS) is 12.3. The first-order valence-electron chi connectivity index (χ1n) is 3.08. The van der Waals surface area contributed by atoms with Crippen LogP contribution in [0.25, 0.3) is 0 Å². The van der Waals surface area contributed by atoms with Crippen LogP contribution in [0.4, 0.5) is 4.79 Å². The highest BCUT2D eigenvalue weighted by Crippen LogP contribution is 1.99. The fourth-order valence-electron chi connectivity index (χ4n) is 0.339. The van der Waals surface area contributed by atoms with E-state index in [4.69, 9.17) is 10.7 Å². The Balaban J connectivity index is 3.74. The highest BCUT2D eigenvalue weighted by molar-refractivity contribution is 8.06. The fourth-order valence-corrected chi connectivity index (χ4v) is 0.678. The summed E-state index contributed by atoms with van der Waals surface area (Å²) >= 11 is 0. The minimum absolute atomic E-state index is 0.317. The Labute approximate surface area is 72.6 Å². The number of ether oxygens (including phenoxy) is 1. The molecule has 4 nitrogen and oxygen atoms in total. The van der Waals surface area contributed by atoms with Crippen molar-refractivity contribution in [1.29, 1.82) is 0 Å². The van der Waals surface area contributed by atoms with Crippen molar-refractivity contribution in [3.8, 4) is 0 Å². The van der Waals surface area contributed by atoms with Gasteiger partial charge >= 0.3 is 6.09 Å². The molecule has 0 aliphatic heterocycles. The summed E-state index contributed by atoms with van der Waals surface area (Å²) in [6.07, 6.45) is 0.0642. The average Bonchev–Trinajstić information content (AvgIpc) is 1.98. The molecule has 0 aliphatic carbocycles. The Bertz CT molecular complexity index is 164. The van der Waals surface area contributed by atoms with Crippen molar-refractivity contribution in [2.75, 3.05) is 13.7 Å². The van der Waals surface area contributed by atoms with Gasteiger partial charge in [-0.3, -0.25) is 0 Å². The highest BCUT2D eigenvalue weighted by Gasteiger charge is 2.13. The zero-order valence-electron chi connectivity index (χ0n) is 6.37. The predicted octanol–water partition coefficient (Wildman–Crippen LogP) is 1.28. The van der Waals surface area contributed by atoms with Crippen LogP contribution in [-0.2, 0) is 14.9 Å². The predicted molar refractivity (Wildman–Crippen MR) is 43.4 cm³/mol. The summed E-state index contributed by atoms with van der Waals surface area (Å²) in [5.41, 5.74) is 0. The van der Waals surface area contributed by atoms with Gasteiger partial charge in [-0.1, -0.05) is 6.92 Å². The fraction of sp³-hybridized carbons (Fsp3) is 0.800. The van der Waals surface area contributed by atoms with Crippen LogP contribution in [0.15, 0.2) is 0 Å². The monoisotopic (exact) mass is 199 g/mol. The second kappa shape index (κ2) is 5.37. The van der Waals surface area contributed by atoms with Crippen LogP contribution < -0.4 is 0 Å². The molecule has 0 aromatic heterocycles. The molecule has 0 spiro atoms. The summed E-state index contributed by atoms with van der Waals surface area (Å²) in [5, 5.41) is 0. The van der Waals surface area contributed by atoms with Crippen molar-refractivity contribution in [3.63, 3.8) is 0 Å². The van der Waals surface area contributed by atoms with Gasteiger partial charge in [-0.05, 0) is 6.42 Å². The summed E-state index contributed by atoms with van der Waals surface area (Å²) < 4.78 is 15.9. The Morgan fingerprint density at radius 2 is 2.27 bits per heavy atom. The van der Waals surface area contributed by atoms with Crippen molar-refractivity contribution in [3.05, 3.63) is 0 Å². The largest absolute Gasteiger partial charge is 0.449 e. The number of hydrogen-bond acceptors (Lipinski definition) is 3. The standard InChI is InChI=1S/C5H10ClNO3S/c1-3-4-10-5(8)7(2)11(6)9/h3-4H2,1-2H3. The number of halogens is 1. The molecule has 1 atom stereocenters. The quantitative estimate of drug-likeness (QED) is 0.644. The average molecular weight is 200 g/mol. The maximum atomic E-state index is 10.8. The second-order valence-electron chi connectivity index (χ2n) is 1.82. The third kappa shape index (κ3) is 4.21. The van der Waals surface area contributed by atoms with E-state index in [9.17, 15) is 9.00 Å². The maximum Gasteiger partial charge on any atom is 0.422 e. The number of nitrogens with zero attached hydrogens (tertiary/aromatic N) is 1. The van der Waals surface area contributed by atoms with Gasteiger partial charge in [0.25, 0.3) is 0 Å². The van der Waals surface area contributed by atoms with Gasteiger partial charge in [0.1, 0.15) is 0 Å². The van der Waals surface area contributed by atoms with E-state index in [-0.39, 0.29) is 0 Å². The molecule has 0 N–H and O–H groups in total. The SMILES string of the molecule is CCCOC(=O)N(C)S(=O)Cl. The molecule has 0 aromatic carbocycles. The van der Waals surface area contributed by atoms with Crippen LogP contribution >= 0.6 is 10.7 Å². The third-order valence-electron chi connectivity index (χ3n) is 0.902. The molecule has 11 heavy (non-hydrogen) atoms. The molecule has 0 saturated carbocycles. The van der Waals surface area contributed by atoms with Crippen molar-refractivity contribution in [2.24, 2.45) is 0 Å². The Kier molecular flexibility index (Phi) is 5.23. The van der Waals surface area contributed by atoms with Crippen molar-refractivity contribution < 1.29 is 13.7 Å². The molecule has 0 radical (unpaired) electrons. The summed E-state index contributed by atoms with van der Waals surface area (Å²) in [6, 6.07) is 0. The number of carbonyl (C=O) groups is 1. The van der Waals surface area contributed by atoms with Crippen molar-refractivity contribution in [1.82, 2.24) is 4.31 Å². The van der Waals surface area contributed by atoms with Gasteiger partial charge in [-0.2, -0.15) is 0 Å². The molecule has 0 saturated heterocycles. The Morgan fingerprint density at radius 1 is 1.73 bits per heavy atom. The van der Waals surface area contributed by atoms with Crippen molar-refractivity contribution >= 4 is 27.0 Å². The van der Waals surface area contributed by atoms with Gasteiger partial charge in [0, 0.05) is 17.7 Å². The van der Waals surface area contributed by atoms with Gasteiger partial charge in [-0.15, -0.1) is 0 Å². The first-order valence-corrected chi connectivity index (χ1v) is 5.01. The lowest BCUT2D eigenvalue weighted by Gasteiger charge is -2.10. The Morgan fingerprint density at radius 3 is 2.64 bits per heavy atom. The summed E-state index contributed by atoms with van der Waals surface area (Å²) in [4.78, 5) is 10.8. The van der Waals surface area contributed by atoms with Gasteiger partial charge in [0.05, 0.1) is 6.61 Å². The maximum absolute atomic E-state index is 10.8. The number of amides is 1. The summed E-state index contributed by atoms with van der Waals surface area (Å²) in [7, 11) is 4.59. The van der Waals surface area contributed by atoms with E-state index in [1.807, 2.05) is 6.92 Å². The molecule has 0 fully saturated rings. The molecule has 0 bridgehead atoms. The summed E-state index contributed by atoms with van der Waals surface area (Å²) in [5.74, 6) is 0. The van der Waals surface area contributed by atoms with Gasteiger partial charge in [0.15, 0.2) is 0 Å². The third-order valence-corrected chi connectivity index (χ3v) is 2.10. The number of rotatable bonds is 3. The number of hydrogen-bond donors (Lipinski definition) is 0. The van der Waals surface area contributed by atoms with Gasteiger partial charge in [-0.25, -0.2) is 13.3 Å². The van der Waals surface area contributed by atoms with E-state index in [0.717, 1.165) is 10.7 Å². The van der Waals surface area contributed by atoms with Crippen LogP contribution in [0.3, 0.4) is 0 Å². The Hall–Kier alpha value is -0.290. The lowest BCUT2D eigenvalue weighted by molar-refractivity contribution is 0.132. The van der Waals surface area contributed by atoms with E-state index in [1.54, 1.807) is 0 Å². The van der Waals surface area contributed by atoms with E-state index >= 15 is 0 Å². The topological polar surface area (TPSA) is 46.6 Å². The van der Waals surface area contributed by atoms with E-state index in [2.05, 4.69) is 4.74 Å². The van der Waals surface area contributed by atoms with E-state index < -0.39 is 16.3 Å². The van der Waals surface area contributed by atoms with Crippen LogP contribution in [0.1, 0.15) is 13.3 Å². The van der Waals surface area contributed by atoms with Crippen LogP contribution in [-0.4, -0.2) is 28.3 Å². The summed E-state index contributed by atoms with van der Waals surface area (Å²) in [6.45, 7) is 2.18. The first kappa shape index (κ1) is 10.7. The lowest BCUT2D eigenvalue weighted by atomic mass is 10.5. The van der Waals surface area contributed by atoms with Crippen LogP contribution in [0.5, 0.6) is 0 Å². The molecule has 0 heterocycles. The second-order valence-corrected chi connectivity index (χ2v) is 3.57. The molecule has 1 amide bonds. The smallest absolute Gasteiger partial charge is 0.422 e. The molecule has 6 heteroatoms. The lowest BCUT2D eigenvalue weighted by Crippen LogP contribution is -2.26. The zero-order chi connectivity index (χ0) is 8.85. The molecular formula is C5H10ClNO3S. The van der Waals surface area contributed by atoms with Crippen LogP contribution in [0, 0.1) is 0 Å².